The molecule has 1 aliphatic carbocycles. The van der Waals surface area contributed by atoms with Gasteiger partial charge < -0.3 is 5.32 Å². The smallest absolute Gasteiger partial charge is 0.0327 e. The summed E-state index contributed by atoms with van der Waals surface area (Å²) < 4.78 is 0. The lowest BCUT2D eigenvalue weighted by atomic mass is 9.82. The second kappa shape index (κ2) is 7.45. The van der Waals surface area contributed by atoms with Crippen LogP contribution in [0.3, 0.4) is 0 Å². The standard InChI is InChI=1S/C20H33N/c1-5-16-11-13-18(14-12-16)21-19(15-20(2,3)4)17-9-7-6-8-10-17/h6-10,16,18-19,21H,5,11-15H2,1-4H3. The van der Waals surface area contributed by atoms with Gasteiger partial charge in [0.15, 0.2) is 0 Å². The third-order valence-electron chi connectivity index (χ3n) is 4.88. The van der Waals surface area contributed by atoms with Crippen LogP contribution in [0.1, 0.15) is 77.8 Å². The average Bonchev–Trinajstić information content (AvgIpc) is 2.47. The van der Waals surface area contributed by atoms with E-state index in [1.807, 2.05) is 0 Å². The highest BCUT2D eigenvalue weighted by Gasteiger charge is 2.25. The minimum Gasteiger partial charge on any atom is -0.307 e. The monoisotopic (exact) mass is 287 g/mol. The molecular weight excluding hydrogens is 254 g/mol. The fourth-order valence-corrected chi connectivity index (χ4v) is 3.59. The van der Waals surface area contributed by atoms with Crippen molar-refractivity contribution < 1.29 is 0 Å². The summed E-state index contributed by atoms with van der Waals surface area (Å²) in [5, 5.41) is 3.97. The number of nitrogens with one attached hydrogen (secondary N) is 1. The lowest BCUT2D eigenvalue weighted by Crippen LogP contribution is -2.37. The molecule has 1 heteroatoms. The van der Waals surface area contributed by atoms with Gasteiger partial charge in [-0.05, 0) is 49.0 Å². The second-order valence-corrected chi connectivity index (χ2v) is 8.02. The zero-order chi connectivity index (χ0) is 15.3. The van der Waals surface area contributed by atoms with Crippen molar-refractivity contribution in [2.75, 3.05) is 0 Å². The Morgan fingerprint density at radius 3 is 2.19 bits per heavy atom. The number of benzene rings is 1. The van der Waals surface area contributed by atoms with Gasteiger partial charge in [-0.15, -0.1) is 0 Å². The Balaban J connectivity index is 2.00. The molecule has 1 nitrogen and oxygen atoms in total. The highest BCUT2D eigenvalue weighted by atomic mass is 15.0. The minimum atomic E-state index is 0.355. The van der Waals surface area contributed by atoms with Crippen LogP contribution in [0.4, 0.5) is 0 Å². The molecule has 0 heterocycles. The number of rotatable bonds is 5. The maximum atomic E-state index is 3.97. The van der Waals surface area contributed by atoms with Gasteiger partial charge in [-0.25, -0.2) is 0 Å². The van der Waals surface area contributed by atoms with Gasteiger partial charge in [0.2, 0.25) is 0 Å². The summed E-state index contributed by atoms with van der Waals surface area (Å²) in [6.07, 6.45) is 8.08. The van der Waals surface area contributed by atoms with E-state index < -0.39 is 0 Å². The van der Waals surface area contributed by atoms with Crippen molar-refractivity contribution in [1.82, 2.24) is 5.32 Å². The van der Waals surface area contributed by atoms with Crippen LogP contribution in [-0.4, -0.2) is 6.04 Å². The van der Waals surface area contributed by atoms with Crippen LogP contribution in [0, 0.1) is 11.3 Å². The van der Waals surface area contributed by atoms with Crippen LogP contribution in [0.5, 0.6) is 0 Å². The van der Waals surface area contributed by atoms with Crippen LogP contribution in [0.25, 0.3) is 0 Å². The van der Waals surface area contributed by atoms with Crippen LogP contribution < -0.4 is 5.32 Å². The van der Waals surface area contributed by atoms with Crippen molar-refractivity contribution in [2.45, 2.75) is 78.3 Å². The van der Waals surface area contributed by atoms with Crippen LogP contribution in [0.15, 0.2) is 30.3 Å². The molecule has 0 aromatic heterocycles. The van der Waals surface area contributed by atoms with E-state index in [9.17, 15) is 0 Å². The summed E-state index contributed by atoms with van der Waals surface area (Å²) >= 11 is 0. The Labute approximate surface area is 131 Å². The molecule has 0 saturated heterocycles. The third kappa shape index (κ3) is 5.47. The van der Waals surface area contributed by atoms with Crippen LogP contribution in [-0.2, 0) is 0 Å². The molecule has 1 atom stereocenters. The quantitative estimate of drug-likeness (QED) is 0.730. The van der Waals surface area contributed by atoms with E-state index in [-0.39, 0.29) is 0 Å². The maximum absolute atomic E-state index is 3.97. The highest BCUT2D eigenvalue weighted by Crippen LogP contribution is 2.33. The van der Waals surface area contributed by atoms with Crippen molar-refractivity contribution in [3.05, 3.63) is 35.9 Å². The Morgan fingerprint density at radius 2 is 1.67 bits per heavy atom. The molecule has 2 rings (SSSR count). The molecule has 1 saturated carbocycles. The first kappa shape index (κ1) is 16.5. The zero-order valence-electron chi connectivity index (χ0n) is 14.4. The van der Waals surface area contributed by atoms with E-state index in [1.165, 1.54) is 44.1 Å². The normalized spacial score (nSPS) is 24.8. The predicted octanol–water partition coefficient (Wildman–Crippen LogP) is 5.72. The van der Waals surface area contributed by atoms with Gasteiger partial charge in [0.25, 0.3) is 0 Å². The van der Waals surface area contributed by atoms with Crippen molar-refractivity contribution in [2.24, 2.45) is 11.3 Å². The fourth-order valence-electron chi connectivity index (χ4n) is 3.59. The molecule has 0 radical (unpaired) electrons. The lowest BCUT2D eigenvalue weighted by molar-refractivity contribution is 0.238. The van der Waals surface area contributed by atoms with E-state index in [2.05, 4.69) is 63.3 Å². The summed E-state index contributed by atoms with van der Waals surface area (Å²) in [6.45, 7) is 9.38. The number of hydrogen-bond acceptors (Lipinski definition) is 1. The van der Waals surface area contributed by atoms with Crippen LogP contribution >= 0.6 is 0 Å². The van der Waals surface area contributed by atoms with Crippen molar-refractivity contribution in [1.29, 1.82) is 0 Å². The van der Waals surface area contributed by atoms with Crippen molar-refractivity contribution >= 4 is 0 Å². The fraction of sp³-hybridized carbons (Fsp3) is 0.700. The van der Waals surface area contributed by atoms with Crippen molar-refractivity contribution in [3.8, 4) is 0 Å². The molecule has 1 unspecified atom stereocenters. The Bertz CT molecular complexity index is 396. The summed E-state index contributed by atoms with van der Waals surface area (Å²) in [6, 6.07) is 12.2. The second-order valence-electron chi connectivity index (χ2n) is 8.02. The summed E-state index contributed by atoms with van der Waals surface area (Å²) in [5.41, 5.74) is 1.80. The van der Waals surface area contributed by atoms with Gasteiger partial charge in [0, 0.05) is 12.1 Å². The number of hydrogen-bond donors (Lipinski definition) is 1. The largest absolute Gasteiger partial charge is 0.307 e. The molecule has 1 aromatic rings. The van der Waals surface area contributed by atoms with Gasteiger partial charge in [-0.2, -0.15) is 0 Å². The van der Waals surface area contributed by atoms with Gasteiger partial charge in [0.05, 0.1) is 0 Å². The van der Waals surface area contributed by atoms with Gasteiger partial charge in [0.1, 0.15) is 0 Å². The van der Waals surface area contributed by atoms with E-state index in [4.69, 9.17) is 0 Å². The molecular formula is C20H33N. The van der Waals surface area contributed by atoms with E-state index in [0.29, 0.717) is 17.5 Å². The van der Waals surface area contributed by atoms with Gasteiger partial charge >= 0.3 is 0 Å². The summed E-state index contributed by atoms with van der Waals surface area (Å²) in [5.74, 6) is 0.973. The molecule has 0 amide bonds. The first-order chi connectivity index (χ1) is 9.98. The summed E-state index contributed by atoms with van der Waals surface area (Å²) in [7, 11) is 0. The Hall–Kier alpha value is -0.820. The summed E-state index contributed by atoms with van der Waals surface area (Å²) in [4.78, 5) is 0. The molecule has 118 valence electrons. The molecule has 1 aromatic carbocycles. The zero-order valence-corrected chi connectivity index (χ0v) is 14.4. The van der Waals surface area contributed by atoms with E-state index in [1.54, 1.807) is 0 Å². The minimum absolute atomic E-state index is 0.355. The first-order valence-corrected chi connectivity index (χ1v) is 8.79. The molecule has 0 spiro atoms. The third-order valence-corrected chi connectivity index (χ3v) is 4.88. The van der Waals surface area contributed by atoms with Gasteiger partial charge in [-0.1, -0.05) is 64.4 Å². The predicted molar refractivity (Wildman–Crippen MR) is 92.4 cm³/mol. The van der Waals surface area contributed by atoms with Gasteiger partial charge in [-0.3, -0.25) is 0 Å². The molecule has 21 heavy (non-hydrogen) atoms. The lowest BCUT2D eigenvalue weighted by Gasteiger charge is -2.34. The Morgan fingerprint density at radius 1 is 1.05 bits per heavy atom. The van der Waals surface area contributed by atoms with Crippen molar-refractivity contribution in [3.63, 3.8) is 0 Å². The first-order valence-electron chi connectivity index (χ1n) is 8.79. The SMILES string of the molecule is CCC1CCC(NC(CC(C)(C)C)c2ccccc2)CC1. The average molecular weight is 287 g/mol. The highest BCUT2D eigenvalue weighted by molar-refractivity contribution is 5.19. The Kier molecular flexibility index (Phi) is 5.87. The molecule has 1 N–H and O–H groups in total. The molecule has 0 aliphatic heterocycles. The topological polar surface area (TPSA) is 12.0 Å². The van der Waals surface area contributed by atoms with Crippen LogP contribution in [0.2, 0.25) is 0 Å². The molecule has 1 fully saturated rings. The van der Waals surface area contributed by atoms with E-state index in [0.717, 1.165) is 5.92 Å². The molecule has 1 aliphatic rings. The van der Waals surface area contributed by atoms with E-state index >= 15 is 0 Å². The molecule has 0 bridgehead atoms. The maximum Gasteiger partial charge on any atom is 0.0327 e.